The summed E-state index contributed by atoms with van der Waals surface area (Å²) in [6.07, 6.45) is 0. The maximum atomic E-state index is 5.17. The van der Waals surface area contributed by atoms with Gasteiger partial charge in [-0.25, -0.2) is 0 Å². The summed E-state index contributed by atoms with van der Waals surface area (Å²) in [6.45, 7) is 4.02. The number of rotatable bonds is 2. The summed E-state index contributed by atoms with van der Waals surface area (Å²) >= 11 is 0. The molecule has 2 N–H and O–H groups in total. The van der Waals surface area contributed by atoms with Crippen molar-refractivity contribution in [2.75, 3.05) is 13.7 Å². The predicted molar refractivity (Wildman–Crippen MR) is 25.2 cm³/mol. The van der Waals surface area contributed by atoms with Crippen LogP contribution < -0.4 is 5.73 Å². The van der Waals surface area contributed by atoms with Gasteiger partial charge in [-0.05, 0) is 6.92 Å². The fourth-order valence-corrected chi connectivity index (χ4v) is 0.214. The van der Waals surface area contributed by atoms with Crippen molar-refractivity contribution in [1.82, 2.24) is 0 Å². The summed E-state index contributed by atoms with van der Waals surface area (Å²) in [7, 11) is 1.60. The Labute approximate surface area is 38.3 Å². The zero-order chi connectivity index (χ0) is 4.99. The molecule has 6 heavy (non-hydrogen) atoms. The van der Waals surface area contributed by atoms with E-state index in [0.29, 0.717) is 6.61 Å². The molecule has 37 valence electrons. The minimum absolute atomic E-state index is 0.0741. The zero-order valence-corrected chi connectivity index (χ0v) is 3.98. The van der Waals surface area contributed by atoms with E-state index in [0.717, 1.165) is 0 Å². The molecule has 0 bridgehead atoms. The van der Waals surface area contributed by atoms with Crippen molar-refractivity contribution in [3.05, 3.63) is 6.92 Å². The van der Waals surface area contributed by atoms with E-state index in [1.54, 1.807) is 7.11 Å². The van der Waals surface area contributed by atoms with Gasteiger partial charge in [0.25, 0.3) is 0 Å². The number of hydrogen-bond donors (Lipinski definition) is 1. The Morgan fingerprint density at radius 1 is 2.00 bits per heavy atom. The molecule has 2 heteroatoms. The van der Waals surface area contributed by atoms with Crippen LogP contribution in [0.1, 0.15) is 0 Å². The van der Waals surface area contributed by atoms with E-state index in [2.05, 4.69) is 11.7 Å². The third-order valence-corrected chi connectivity index (χ3v) is 0.381. The molecule has 0 unspecified atom stereocenters. The van der Waals surface area contributed by atoms with Crippen molar-refractivity contribution in [2.45, 2.75) is 6.04 Å². The van der Waals surface area contributed by atoms with Crippen molar-refractivity contribution < 1.29 is 4.74 Å². The largest absolute Gasteiger partial charge is 0.383 e. The highest BCUT2D eigenvalue weighted by molar-refractivity contribution is 4.58. The molecule has 1 atom stereocenters. The topological polar surface area (TPSA) is 35.2 Å². The maximum Gasteiger partial charge on any atom is 0.0613 e. The summed E-state index contributed by atoms with van der Waals surface area (Å²) in [4.78, 5) is 0. The minimum atomic E-state index is -0.0741. The Morgan fingerprint density at radius 2 is 2.50 bits per heavy atom. The second kappa shape index (κ2) is 3.12. The highest BCUT2D eigenvalue weighted by atomic mass is 16.5. The van der Waals surface area contributed by atoms with E-state index < -0.39 is 0 Å². The second-order valence-electron chi connectivity index (χ2n) is 1.22. The lowest BCUT2D eigenvalue weighted by atomic mass is 10.4. The van der Waals surface area contributed by atoms with Gasteiger partial charge in [0.2, 0.25) is 0 Å². The number of hydrogen-bond acceptors (Lipinski definition) is 2. The third-order valence-electron chi connectivity index (χ3n) is 0.381. The standard InChI is InChI=1S/C4H10NO/c1-4(5)3-6-2/h4H,1,3,5H2,2H3/t4-/m1/s1. The van der Waals surface area contributed by atoms with E-state index in [1.807, 2.05) is 0 Å². The van der Waals surface area contributed by atoms with Crippen LogP contribution in [0.3, 0.4) is 0 Å². The monoisotopic (exact) mass is 88.1 g/mol. The SMILES string of the molecule is [CH2][C@@H](N)COC. The van der Waals surface area contributed by atoms with Crippen LogP contribution in [-0.2, 0) is 4.74 Å². The van der Waals surface area contributed by atoms with Crippen molar-refractivity contribution in [3.8, 4) is 0 Å². The van der Waals surface area contributed by atoms with E-state index in [4.69, 9.17) is 5.73 Å². The lowest BCUT2D eigenvalue weighted by molar-refractivity contribution is 0.191. The molecule has 0 aliphatic carbocycles. The normalized spacial score (nSPS) is 14.5. The van der Waals surface area contributed by atoms with E-state index in [9.17, 15) is 0 Å². The number of methoxy groups -OCH3 is 1. The Morgan fingerprint density at radius 3 is 2.50 bits per heavy atom. The quantitative estimate of drug-likeness (QED) is 0.507. The van der Waals surface area contributed by atoms with Gasteiger partial charge in [0, 0.05) is 13.2 Å². The Hall–Kier alpha value is -0.0800. The van der Waals surface area contributed by atoms with Crippen LogP contribution in [0.2, 0.25) is 0 Å². The highest BCUT2D eigenvalue weighted by Crippen LogP contribution is 1.70. The van der Waals surface area contributed by atoms with Crippen LogP contribution in [0, 0.1) is 6.92 Å². The van der Waals surface area contributed by atoms with Gasteiger partial charge in [-0.3, -0.25) is 0 Å². The molecule has 0 heterocycles. The molecule has 0 aromatic rings. The summed E-state index contributed by atoms with van der Waals surface area (Å²) in [5, 5.41) is 0. The summed E-state index contributed by atoms with van der Waals surface area (Å²) < 4.78 is 4.62. The smallest absolute Gasteiger partial charge is 0.0613 e. The average Bonchev–Trinajstić information content (AvgIpc) is 1.35. The van der Waals surface area contributed by atoms with Gasteiger partial charge in [-0.2, -0.15) is 0 Å². The van der Waals surface area contributed by atoms with Crippen LogP contribution in [0.25, 0.3) is 0 Å². The molecule has 0 aromatic heterocycles. The van der Waals surface area contributed by atoms with Crippen molar-refractivity contribution >= 4 is 0 Å². The molecule has 2 nitrogen and oxygen atoms in total. The minimum Gasteiger partial charge on any atom is -0.383 e. The van der Waals surface area contributed by atoms with Crippen molar-refractivity contribution in [3.63, 3.8) is 0 Å². The number of nitrogens with two attached hydrogens (primary N) is 1. The van der Waals surface area contributed by atoms with E-state index in [-0.39, 0.29) is 6.04 Å². The van der Waals surface area contributed by atoms with Crippen LogP contribution in [0.15, 0.2) is 0 Å². The summed E-state index contributed by atoms with van der Waals surface area (Å²) in [5.41, 5.74) is 5.17. The van der Waals surface area contributed by atoms with Gasteiger partial charge in [-0.15, -0.1) is 0 Å². The van der Waals surface area contributed by atoms with Gasteiger partial charge in [0.1, 0.15) is 0 Å². The van der Waals surface area contributed by atoms with Gasteiger partial charge < -0.3 is 10.5 Å². The zero-order valence-electron chi connectivity index (χ0n) is 3.98. The van der Waals surface area contributed by atoms with Gasteiger partial charge >= 0.3 is 0 Å². The molecular formula is C4H10NO. The molecule has 0 aliphatic heterocycles. The molecule has 1 radical (unpaired) electrons. The molecule has 0 saturated carbocycles. The Bertz CT molecular complexity index is 28.7. The maximum absolute atomic E-state index is 5.17. The third kappa shape index (κ3) is 3.92. The molecule has 0 saturated heterocycles. The lowest BCUT2D eigenvalue weighted by Crippen LogP contribution is -2.20. The van der Waals surface area contributed by atoms with Crippen LogP contribution in [-0.4, -0.2) is 19.8 Å². The Kier molecular flexibility index (Phi) is 3.08. The van der Waals surface area contributed by atoms with Crippen LogP contribution in [0.4, 0.5) is 0 Å². The first-order chi connectivity index (χ1) is 2.77. The van der Waals surface area contributed by atoms with Gasteiger partial charge in [-0.1, -0.05) is 0 Å². The lowest BCUT2D eigenvalue weighted by Gasteiger charge is -1.98. The summed E-state index contributed by atoms with van der Waals surface area (Å²) in [6, 6.07) is -0.0741. The molecule has 0 aromatic carbocycles. The molecular weight excluding hydrogens is 78.0 g/mol. The molecule has 0 rings (SSSR count). The molecule has 0 aliphatic rings. The second-order valence-corrected chi connectivity index (χ2v) is 1.22. The van der Waals surface area contributed by atoms with Gasteiger partial charge in [0.05, 0.1) is 6.61 Å². The molecule has 0 spiro atoms. The highest BCUT2D eigenvalue weighted by Gasteiger charge is 1.85. The average molecular weight is 88.1 g/mol. The van der Waals surface area contributed by atoms with E-state index >= 15 is 0 Å². The fourth-order valence-electron chi connectivity index (χ4n) is 0.214. The first-order valence-electron chi connectivity index (χ1n) is 1.85. The van der Waals surface area contributed by atoms with Crippen LogP contribution >= 0.6 is 0 Å². The van der Waals surface area contributed by atoms with Crippen LogP contribution in [0.5, 0.6) is 0 Å². The molecule has 0 amide bonds. The van der Waals surface area contributed by atoms with Gasteiger partial charge in [0.15, 0.2) is 0 Å². The summed E-state index contributed by atoms with van der Waals surface area (Å²) in [5.74, 6) is 0. The number of ether oxygens (including phenoxy) is 1. The van der Waals surface area contributed by atoms with Crippen molar-refractivity contribution in [1.29, 1.82) is 0 Å². The fraction of sp³-hybridized carbons (Fsp3) is 0.750. The van der Waals surface area contributed by atoms with Crippen molar-refractivity contribution in [2.24, 2.45) is 5.73 Å². The molecule has 0 fully saturated rings. The first-order valence-corrected chi connectivity index (χ1v) is 1.85. The first kappa shape index (κ1) is 5.92. The Balaban J connectivity index is 2.63. The predicted octanol–water partition coefficient (Wildman–Crippen LogP) is -0.206. The van der Waals surface area contributed by atoms with E-state index in [1.165, 1.54) is 0 Å².